The summed E-state index contributed by atoms with van der Waals surface area (Å²) in [5, 5.41) is 0. The van der Waals surface area contributed by atoms with Crippen LogP contribution in [-0.2, 0) is 4.79 Å². The van der Waals surface area contributed by atoms with Gasteiger partial charge in [-0.3, -0.25) is 0 Å². The fraction of sp³-hybridized carbons (Fsp3) is 0.750. The van der Waals surface area contributed by atoms with E-state index in [1.54, 1.807) is 0 Å². The highest BCUT2D eigenvalue weighted by Gasteiger charge is 2.45. The maximum Gasteiger partial charge on any atom is 0.226 e. The summed E-state index contributed by atoms with van der Waals surface area (Å²) in [6.07, 6.45) is 2.99. The number of hydrogen-bond donors (Lipinski definition) is 0. The Morgan fingerprint density at radius 1 is 1.39 bits per heavy atom. The number of ketones is 1. The predicted molar refractivity (Wildman–Crippen MR) is 74.7 cm³/mol. The fourth-order valence-electron chi connectivity index (χ4n) is 3.08. The van der Waals surface area contributed by atoms with E-state index in [0.29, 0.717) is 23.5 Å². The zero-order valence-electron chi connectivity index (χ0n) is 12.4. The van der Waals surface area contributed by atoms with Gasteiger partial charge in [-0.25, -0.2) is 4.85 Å². The molecule has 0 aromatic rings. The molecule has 0 N–H and O–H groups in total. The lowest BCUT2D eigenvalue weighted by Gasteiger charge is -2.46. The molecule has 18 heavy (non-hydrogen) atoms. The number of carbonyl (C=O) groups excluding carboxylic acids is 1. The minimum atomic E-state index is -0.0442. The minimum Gasteiger partial charge on any atom is -0.308 e. The molecule has 0 saturated carbocycles. The Kier molecular flexibility index (Phi) is 4.37. The van der Waals surface area contributed by atoms with E-state index in [-0.39, 0.29) is 17.1 Å². The lowest BCUT2D eigenvalue weighted by molar-refractivity contribution is -0.123. The number of nitrogens with zero attached hydrogens (tertiary/aromatic N) is 1. The van der Waals surface area contributed by atoms with Gasteiger partial charge in [0.1, 0.15) is 0 Å². The second-order valence-electron chi connectivity index (χ2n) is 6.55. The molecule has 1 aliphatic rings. The highest BCUT2D eigenvalue weighted by Crippen LogP contribution is 2.48. The van der Waals surface area contributed by atoms with Crippen molar-refractivity contribution in [1.29, 1.82) is 0 Å². The number of hydrogen-bond acceptors (Lipinski definition) is 1. The first-order valence-electron chi connectivity index (χ1n) is 6.88. The van der Waals surface area contributed by atoms with Gasteiger partial charge in [-0.1, -0.05) is 47.6 Å². The normalized spacial score (nSPS) is 32.6. The first kappa shape index (κ1) is 15.0. The minimum absolute atomic E-state index is 0.0334. The van der Waals surface area contributed by atoms with Gasteiger partial charge in [-0.15, -0.1) is 0 Å². The SMILES string of the molecule is [C-]#[N+]C1=C[C@@](C)(C(C)C)[C@H](CC(C)C)[C@@H](C)C1=O. The van der Waals surface area contributed by atoms with Crippen molar-refractivity contribution in [3.8, 4) is 0 Å². The molecular formula is C16H25NO. The molecule has 0 bridgehead atoms. The molecule has 0 heterocycles. The van der Waals surface area contributed by atoms with Gasteiger partial charge >= 0.3 is 0 Å². The third-order valence-corrected chi connectivity index (χ3v) is 4.61. The van der Waals surface area contributed by atoms with Crippen molar-refractivity contribution in [3.05, 3.63) is 23.2 Å². The number of carbonyl (C=O) groups is 1. The molecule has 0 amide bonds. The molecule has 0 spiro atoms. The van der Waals surface area contributed by atoms with Crippen LogP contribution >= 0.6 is 0 Å². The number of Topliss-reactive ketones (excluding diaryl/α,β-unsaturated/α-hetero) is 1. The van der Waals surface area contributed by atoms with Crippen LogP contribution < -0.4 is 0 Å². The predicted octanol–water partition coefficient (Wildman–Crippen LogP) is 4.33. The largest absolute Gasteiger partial charge is 0.308 e. The van der Waals surface area contributed by atoms with Crippen LogP contribution in [0.1, 0.15) is 48.0 Å². The van der Waals surface area contributed by atoms with Crippen LogP contribution in [0.5, 0.6) is 0 Å². The molecule has 2 heteroatoms. The Bertz CT molecular complexity index is 400. The van der Waals surface area contributed by atoms with Crippen LogP contribution in [0.4, 0.5) is 0 Å². The summed E-state index contributed by atoms with van der Waals surface area (Å²) >= 11 is 0. The second-order valence-corrected chi connectivity index (χ2v) is 6.55. The van der Waals surface area contributed by atoms with Gasteiger partial charge < -0.3 is 4.79 Å². The van der Waals surface area contributed by atoms with Gasteiger partial charge in [0.05, 0.1) is 6.57 Å². The zero-order chi connectivity index (χ0) is 14.1. The lowest BCUT2D eigenvalue weighted by Crippen LogP contribution is -2.42. The Morgan fingerprint density at radius 2 is 1.94 bits per heavy atom. The fourth-order valence-corrected chi connectivity index (χ4v) is 3.08. The van der Waals surface area contributed by atoms with Crippen LogP contribution in [0.15, 0.2) is 11.8 Å². The van der Waals surface area contributed by atoms with E-state index in [2.05, 4.69) is 39.5 Å². The molecule has 0 radical (unpaired) electrons. The van der Waals surface area contributed by atoms with Crippen molar-refractivity contribution < 1.29 is 4.79 Å². The third-order valence-electron chi connectivity index (χ3n) is 4.61. The number of allylic oxidation sites excluding steroid dienone is 2. The summed E-state index contributed by atoms with van der Waals surface area (Å²) in [5.74, 6) is 1.36. The molecule has 0 aromatic heterocycles. The quantitative estimate of drug-likeness (QED) is 0.680. The van der Waals surface area contributed by atoms with Gasteiger partial charge in [0, 0.05) is 5.92 Å². The number of rotatable bonds is 3. The molecule has 0 fully saturated rings. The van der Waals surface area contributed by atoms with E-state index in [9.17, 15) is 4.79 Å². The van der Waals surface area contributed by atoms with Crippen molar-refractivity contribution in [1.82, 2.24) is 0 Å². The molecule has 3 atom stereocenters. The molecule has 1 aliphatic carbocycles. The smallest absolute Gasteiger partial charge is 0.226 e. The molecule has 0 aliphatic heterocycles. The van der Waals surface area contributed by atoms with Crippen molar-refractivity contribution in [2.45, 2.75) is 48.0 Å². The summed E-state index contributed by atoms with van der Waals surface area (Å²) in [4.78, 5) is 15.6. The van der Waals surface area contributed by atoms with Crippen LogP contribution in [-0.4, -0.2) is 5.78 Å². The maximum absolute atomic E-state index is 12.2. The summed E-state index contributed by atoms with van der Waals surface area (Å²) in [6, 6.07) is 0. The zero-order valence-corrected chi connectivity index (χ0v) is 12.4. The Morgan fingerprint density at radius 3 is 2.33 bits per heavy atom. The standard InChI is InChI=1S/C16H25NO/c1-10(2)8-13-12(5)15(18)14(17-7)9-16(13,6)11(3)4/h9-13H,8H2,1-6H3/t12-,13-,16+/m1/s1. The van der Waals surface area contributed by atoms with Gasteiger partial charge in [0.2, 0.25) is 5.70 Å². The summed E-state index contributed by atoms with van der Waals surface area (Å²) in [6.45, 7) is 20.2. The van der Waals surface area contributed by atoms with Gasteiger partial charge in [-0.05, 0) is 29.6 Å². The first-order chi connectivity index (χ1) is 8.24. The van der Waals surface area contributed by atoms with E-state index in [4.69, 9.17) is 6.57 Å². The summed E-state index contributed by atoms with van der Waals surface area (Å²) in [5.41, 5.74) is 0.302. The molecule has 0 saturated heterocycles. The Hall–Kier alpha value is -1.10. The van der Waals surface area contributed by atoms with Crippen molar-refractivity contribution in [2.24, 2.45) is 29.1 Å². The maximum atomic E-state index is 12.2. The molecule has 0 aromatic carbocycles. The van der Waals surface area contributed by atoms with Gasteiger partial charge in [0.15, 0.2) is 5.78 Å². The summed E-state index contributed by atoms with van der Waals surface area (Å²) < 4.78 is 0. The molecule has 0 unspecified atom stereocenters. The van der Waals surface area contributed by atoms with Gasteiger partial charge in [0.25, 0.3) is 0 Å². The second kappa shape index (κ2) is 5.26. The van der Waals surface area contributed by atoms with Crippen LogP contribution in [0.2, 0.25) is 0 Å². The Balaban J connectivity index is 3.27. The van der Waals surface area contributed by atoms with Crippen molar-refractivity contribution >= 4 is 5.78 Å². The van der Waals surface area contributed by atoms with E-state index in [0.717, 1.165) is 6.42 Å². The van der Waals surface area contributed by atoms with Crippen molar-refractivity contribution in [3.63, 3.8) is 0 Å². The van der Waals surface area contributed by atoms with Crippen LogP contribution in [0.3, 0.4) is 0 Å². The van der Waals surface area contributed by atoms with Gasteiger partial charge in [-0.2, -0.15) is 0 Å². The van der Waals surface area contributed by atoms with E-state index in [1.807, 2.05) is 13.0 Å². The molecule has 1 rings (SSSR count). The molecular weight excluding hydrogens is 222 g/mol. The average molecular weight is 247 g/mol. The monoisotopic (exact) mass is 247 g/mol. The lowest BCUT2D eigenvalue weighted by atomic mass is 9.58. The highest BCUT2D eigenvalue weighted by atomic mass is 16.1. The first-order valence-corrected chi connectivity index (χ1v) is 6.88. The topological polar surface area (TPSA) is 21.4 Å². The van der Waals surface area contributed by atoms with Crippen molar-refractivity contribution in [2.75, 3.05) is 0 Å². The Labute approximate surface area is 111 Å². The average Bonchev–Trinajstić information content (AvgIpc) is 2.29. The highest BCUT2D eigenvalue weighted by molar-refractivity contribution is 5.99. The third kappa shape index (κ3) is 2.51. The van der Waals surface area contributed by atoms with Crippen LogP contribution in [0.25, 0.3) is 4.85 Å². The summed E-state index contributed by atoms with van der Waals surface area (Å²) in [7, 11) is 0. The van der Waals surface area contributed by atoms with E-state index >= 15 is 0 Å². The van der Waals surface area contributed by atoms with E-state index in [1.165, 1.54) is 0 Å². The molecule has 100 valence electrons. The van der Waals surface area contributed by atoms with E-state index < -0.39 is 0 Å². The van der Waals surface area contributed by atoms with Crippen LogP contribution in [0, 0.1) is 35.7 Å². The molecule has 2 nitrogen and oxygen atoms in total.